The molecule has 2 heterocycles. The first-order valence-electron chi connectivity index (χ1n) is 18.8. The van der Waals surface area contributed by atoms with Gasteiger partial charge in [0.05, 0.1) is 41.9 Å². The summed E-state index contributed by atoms with van der Waals surface area (Å²) in [7, 11) is -2.68. The molecule has 60 heavy (non-hydrogen) atoms. The molecule has 1 aliphatic rings. The Morgan fingerprint density at radius 3 is 2.23 bits per heavy atom. The number of nitrogen functional groups attached to an aromatic ring is 1. The largest absolute Gasteiger partial charge is 0.490 e. The fraction of sp³-hybridized carbons (Fsp3) is 0.390. The molecule has 1 fully saturated rings. The second-order valence-electron chi connectivity index (χ2n) is 14.2. The van der Waals surface area contributed by atoms with E-state index in [-0.39, 0.29) is 35.4 Å². The highest BCUT2D eigenvalue weighted by Crippen LogP contribution is 2.44. The zero-order chi connectivity index (χ0) is 44.7. The van der Waals surface area contributed by atoms with Crippen molar-refractivity contribution < 1.29 is 60.1 Å². The van der Waals surface area contributed by atoms with Gasteiger partial charge in [0.2, 0.25) is 11.8 Å². The molecule has 0 radical (unpaired) electrons. The third-order valence-corrected chi connectivity index (χ3v) is 11.5. The van der Waals surface area contributed by atoms with Crippen molar-refractivity contribution in [1.82, 2.24) is 9.88 Å². The van der Waals surface area contributed by atoms with Crippen LogP contribution in [0.3, 0.4) is 0 Å². The van der Waals surface area contributed by atoms with Crippen LogP contribution in [0.4, 0.5) is 30.4 Å². The standard InChI is InChI=1S/C39H47N5O8S.C2HF3O2/c1-8-51-33-20-26(9-13-32(33)52-22(2)3)35(43-27-10-12-29-25(19-27)15-17-41-37(29)40)38(46)44-18-16-30(39(47)50-7)36(44)31-21-28(42-24(6)45)11-14-34(31)53(48,49)23(4)5;3-2(4,5)1(6)7/h9-15,17,19-23,30,35-36,43H,8,16,18H2,1-7H3,(H2,40,41)(H,42,45);(H,6,7). The molecule has 0 aliphatic carbocycles. The van der Waals surface area contributed by atoms with Gasteiger partial charge in [0, 0.05) is 36.4 Å². The number of benzene rings is 3. The molecule has 2 amide bonds. The van der Waals surface area contributed by atoms with E-state index in [9.17, 15) is 31.2 Å². The molecule has 5 rings (SSSR count). The minimum atomic E-state index is -5.08. The molecule has 3 unspecified atom stereocenters. The summed E-state index contributed by atoms with van der Waals surface area (Å²) in [6.45, 7) is 10.6. The summed E-state index contributed by atoms with van der Waals surface area (Å²) in [6.07, 6.45) is -3.42. The fourth-order valence-corrected chi connectivity index (χ4v) is 7.90. The van der Waals surface area contributed by atoms with Crippen molar-refractivity contribution in [3.05, 3.63) is 78.0 Å². The van der Waals surface area contributed by atoms with Crippen LogP contribution >= 0.6 is 0 Å². The van der Waals surface area contributed by atoms with Gasteiger partial charge in [-0.1, -0.05) is 6.07 Å². The average molecular weight is 860 g/mol. The third kappa shape index (κ3) is 10.9. The SMILES string of the molecule is CCOc1cc(C(Nc2ccc3c(N)nccc3c2)C(=O)N2CCC(C(=O)OC)C2c2cc(NC(C)=O)ccc2S(=O)(=O)C(C)C)ccc1OC(C)C.O=C(O)C(F)(F)F. The Kier molecular flexibility index (Phi) is 15.0. The molecule has 3 atom stereocenters. The number of aromatic nitrogens is 1. The molecule has 15 nitrogen and oxygen atoms in total. The number of carbonyl (C=O) groups is 4. The van der Waals surface area contributed by atoms with E-state index < -0.39 is 57.1 Å². The lowest BCUT2D eigenvalue weighted by atomic mass is 9.92. The van der Waals surface area contributed by atoms with E-state index in [1.54, 1.807) is 44.3 Å². The Labute approximate surface area is 345 Å². The van der Waals surface area contributed by atoms with Crippen molar-refractivity contribution in [1.29, 1.82) is 0 Å². The normalized spacial score (nSPS) is 15.8. The quantitative estimate of drug-likeness (QED) is 0.103. The van der Waals surface area contributed by atoms with E-state index in [1.807, 2.05) is 39.0 Å². The highest BCUT2D eigenvalue weighted by atomic mass is 32.2. The number of carboxylic acids is 1. The number of carbonyl (C=O) groups excluding carboxylic acids is 3. The molecule has 1 saturated heterocycles. The molecule has 0 saturated carbocycles. The number of halogens is 3. The summed E-state index contributed by atoms with van der Waals surface area (Å²) >= 11 is 0. The Bertz CT molecular complexity index is 2340. The maximum Gasteiger partial charge on any atom is 0.490 e. The van der Waals surface area contributed by atoms with Gasteiger partial charge in [0.25, 0.3) is 0 Å². The Morgan fingerprint density at radius 2 is 1.65 bits per heavy atom. The summed E-state index contributed by atoms with van der Waals surface area (Å²) in [6, 6.07) is 14.9. The van der Waals surface area contributed by atoms with E-state index >= 15 is 4.79 Å². The number of hydrogen-bond acceptors (Lipinski definition) is 12. The molecular weight excluding hydrogens is 812 g/mol. The van der Waals surface area contributed by atoms with Gasteiger partial charge in [-0.2, -0.15) is 13.2 Å². The number of pyridine rings is 1. The van der Waals surface area contributed by atoms with Crippen molar-refractivity contribution in [2.45, 2.75) is 82.5 Å². The van der Waals surface area contributed by atoms with Crippen molar-refractivity contribution in [2.24, 2.45) is 5.92 Å². The van der Waals surface area contributed by atoms with Crippen LogP contribution in [-0.2, 0) is 33.8 Å². The zero-order valence-electron chi connectivity index (χ0n) is 34.0. The summed E-state index contributed by atoms with van der Waals surface area (Å²) in [5.41, 5.74) is 7.77. The molecule has 324 valence electrons. The van der Waals surface area contributed by atoms with Crippen molar-refractivity contribution in [2.75, 3.05) is 36.6 Å². The van der Waals surface area contributed by atoms with Gasteiger partial charge < -0.3 is 40.6 Å². The molecule has 0 bridgehead atoms. The van der Waals surface area contributed by atoms with Crippen LogP contribution in [0.5, 0.6) is 11.5 Å². The van der Waals surface area contributed by atoms with Crippen molar-refractivity contribution in [3.63, 3.8) is 0 Å². The van der Waals surface area contributed by atoms with Crippen molar-refractivity contribution in [3.8, 4) is 11.5 Å². The maximum atomic E-state index is 15.2. The van der Waals surface area contributed by atoms with Crippen LogP contribution in [-0.4, -0.2) is 85.0 Å². The van der Waals surface area contributed by atoms with Gasteiger partial charge in [-0.05, 0) is 112 Å². The Balaban J connectivity index is 0.00000104. The van der Waals surface area contributed by atoms with E-state index in [0.29, 0.717) is 40.9 Å². The van der Waals surface area contributed by atoms with E-state index in [2.05, 4.69) is 15.6 Å². The zero-order valence-corrected chi connectivity index (χ0v) is 34.8. The van der Waals surface area contributed by atoms with Gasteiger partial charge in [0.15, 0.2) is 21.3 Å². The minimum absolute atomic E-state index is 0.0424. The lowest BCUT2D eigenvalue weighted by molar-refractivity contribution is -0.192. The van der Waals surface area contributed by atoms with Gasteiger partial charge in [-0.25, -0.2) is 18.2 Å². The fourth-order valence-electron chi connectivity index (χ4n) is 6.63. The van der Waals surface area contributed by atoms with E-state index in [4.69, 9.17) is 29.8 Å². The van der Waals surface area contributed by atoms with Gasteiger partial charge in [-0.3, -0.25) is 14.4 Å². The minimum Gasteiger partial charge on any atom is -0.490 e. The van der Waals surface area contributed by atoms with Gasteiger partial charge in [0.1, 0.15) is 11.9 Å². The number of nitrogens with one attached hydrogen (secondary N) is 2. The Morgan fingerprint density at radius 1 is 0.983 bits per heavy atom. The number of nitrogens with two attached hydrogens (primary N) is 1. The number of anilines is 3. The molecule has 3 aromatic carbocycles. The predicted molar refractivity (Wildman–Crippen MR) is 217 cm³/mol. The number of sulfone groups is 1. The highest BCUT2D eigenvalue weighted by Gasteiger charge is 2.47. The number of aliphatic carboxylic acids is 1. The number of alkyl halides is 3. The monoisotopic (exact) mass is 859 g/mol. The number of ether oxygens (including phenoxy) is 3. The van der Waals surface area contributed by atoms with Crippen LogP contribution in [0.15, 0.2) is 71.8 Å². The first-order chi connectivity index (χ1) is 28.1. The lowest BCUT2D eigenvalue weighted by Gasteiger charge is -2.33. The number of amides is 2. The highest BCUT2D eigenvalue weighted by molar-refractivity contribution is 7.92. The predicted octanol–water partition coefficient (Wildman–Crippen LogP) is 6.69. The number of esters is 1. The third-order valence-electron chi connectivity index (χ3n) is 9.32. The number of likely N-dealkylation sites (tertiary alicyclic amines) is 1. The lowest BCUT2D eigenvalue weighted by Crippen LogP contribution is -2.40. The molecular formula is C41H48F3N5O10S. The summed E-state index contributed by atoms with van der Waals surface area (Å²) < 4.78 is 76.6. The number of rotatable bonds is 13. The first kappa shape index (κ1) is 46.6. The number of carboxylic acid groups (broad SMARTS) is 1. The maximum absolute atomic E-state index is 15.2. The molecule has 0 spiro atoms. The second kappa shape index (κ2) is 19.3. The molecule has 4 aromatic rings. The topological polar surface area (TPSA) is 217 Å². The van der Waals surface area contributed by atoms with Crippen LogP contribution in [0.25, 0.3) is 10.8 Å². The molecule has 19 heteroatoms. The van der Waals surface area contributed by atoms with Gasteiger partial charge in [-0.15, -0.1) is 0 Å². The second-order valence-corrected chi connectivity index (χ2v) is 16.7. The van der Waals surface area contributed by atoms with Crippen LogP contribution in [0.1, 0.15) is 71.2 Å². The molecule has 1 aliphatic heterocycles. The van der Waals surface area contributed by atoms with E-state index in [0.717, 1.165) is 10.8 Å². The molecule has 1 aromatic heterocycles. The number of nitrogens with zero attached hydrogens (tertiary/aromatic N) is 2. The smallest absolute Gasteiger partial charge is 0.490 e. The number of hydrogen-bond donors (Lipinski definition) is 4. The average Bonchev–Trinajstić information content (AvgIpc) is 3.62. The van der Waals surface area contributed by atoms with Crippen LogP contribution < -0.4 is 25.8 Å². The first-order valence-corrected chi connectivity index (χ1v) is 20.3. The summed E-state index contributed by atoms with van der Waals surface area (Å²) in [4.78, 5) is 55.2. The number of methoxy groups -OCH3 is 1. The van der Waals surface area contributed by atoms with Crippen molar-refractivity contribution >= 4 is 61.6 Å². The summed E-state index contributed by atoms with van der Waals surface area (Å²) in [5.74, 6) is -3.75. The molecule has 5 N–H and O–H groups in total. The van der Waals surface area contributed by atoms with Gasteiger partial charge >= 0.3 is 18.1 Å². The van der Waals surface area contributed by atoms with Crippen LogP contribution in [0, 0.1) is 5.92 Å². The summed E-state index contributed by atoms with van der Waals surface area (Å²) in [5, 5.41) is 14.0. The van der Waals surface area contributed by atoms with Crippen LogP contribution in [0.2, 0.25) is 0 Å². The van der Waals surface area contributed by atoms with E-state index in [1.165, 1.54) is 37.1 Å². The Hall–Kier alpha value is -6.11. The number of fused-ring (bicyclic) bond motifs is 1.